The third-order valence-electron chi connectivity index (χ3n) is 17.3. The minimum Gasteiger partial charge on any atom is -0.462 e. The van der Waals surface area contributed by atoms with Gasteiger partial charge in [-0.05, 0) is 49.4 Å². The summed E-state index contributed by atoms with van der Waals surface area (Å²) >= 11 is 0. The van der Waals surface area contributed by atoms with Crippen molar-refractivity contribution in [1.29, 1.82) is 0 Å². The van der Waals surface area contributed by atoms with Crippen LogP contribution in [0.15, 0.2) is 0 Å². The van der Waals surface area contributed by atoms with Crippen molar-refractivity contribution in [3.05, 3.63) is 0 Å². The number of carbonyl (C=O) groups is 4. The van der Waals surface area contributed by atoms with Gasteiger partial charge >= 0.3 is 39.5 Å². The number of phosphoric ester groups is 2. The van der Waals surface area contributed by atoms with E-state index in [1.807, 2.05) is 0 Å². The molecule has 4 unspecified atom stereocenters. The van der Waals surface area contributed by atoms with Crippen LogP contribution in [0, 0.1) is 23.7 Å². The van der Waals surface area contributed by atoms with E-state index in [-0.39, 0.29) is 25.7 Å². The van der Waals surface area contributed by atoms with Crippen molar-refractivity contribution in [2.75, 3.05) is 39.6 Å². The SMILES string of the molecule is CCC(C)CCCCCCCCCCC(=O)O[C@H](COC(=O)CCCCCCCCCCCCCCCCCCC(C)C)COP(=O)(O)OC[C@@H](O)COP(=O)(O)OC[C@@H](COC(=O)CCCCCCCCC(C)CC)OC(=O)CCCCCCCCCC(C)C. The lowest BCUT2D eigenvalue weighted by molar-refractivity contribution is -0.161. The van der Waals surface area contributed by atoms with Crippen LogP contribution in [0.25, 0.3) is 0 Å². The van der Waals surface area contributed by atoms with Crippen molar-refractivity contribution in [1.82, 2.24) is 0 Å². The molecule has 0 radical (unpaired) electrons. The van der Waals surface area contributed by atoms with Crippen molar-refractivity contribution < 1.29 is 80.2 Å². The summed E-state index contributed by atoms with van der Waals surface area (Å²) in [5, 5.41) is 10.6. The van der Waals surface area contributed by atoms with Crippen LogP contribution in [-0.2, 0) is 65.4 Å². The number of unbranched alkanes of at least 4 members (excludes halogenated alkanes) is 33. The molecule has 0 spiro atoms. The van der Waals surface area contributed by atoms with Gasteiger partial charge in [0.2, 0.25) is 0 Å². The van der Waals surface area contributed by atoms with Crippen LogP contribution in [0.5, 0.6) is 0 Å². The Morgan fingerprint density at radius 3 is 0.780 bits per heavy atom. The van der Waals surface area contributed by atoms with E-state index in [2.05, 4.69) is 55.4 Å². The fraction of sp³-hybridized carbons (Fsp3) is 0.944. The molecule has 0 saturated carbocycles. The Hall–Kier alpha value is -1.94. The van der Waals surface area contributed by atoms with E-state index in [1.165, 1.54) is 154 Å². The summed E-state index contributed by atoms with van der Waals surface area (Å²) in [5.74, 6) is 0.877. The molecule has 0 rings (SSSR count). The number of aliphatic hydroxyl groups excluding tert-OH is 1. The van der Waals surface area contributed by atoms with Crippen LogP contribution in [0.3, 0.4) is 0 Å². The number of carbonyl (C=O) groups excluding carboxylic acids is 4. The Bertz CT molecular complexity index is 1800. The molecule has 3 N–H and O–H groups in total. The van der Waals surface area contributed by atoms with Gasteiger partial charge < -0.3 is 33.8 Å². The quantitative estimate of drug-likeness (QED) is 0.0222. The maximum absolute atomic E-state index is 13.0. The number of hydrogen-bond acceptors (Lipinski definition) is 15. The van der Waals surface area contributed by atoms with Crippen molar-refractivity contribution in [3.63, 3.8) is 0 Å². The summed E-state index contributed by atoms with van der Waals surface area (Å²) in [7, 11) is -9.90. The van der Waals surface area contributed by atoms with E-state index < -0.39 is 97.5 Å². The molecule has 19 heteroatoms. The predicted octanol–water partition coefficient (Wildman–Crippen LogP) is 20.5. The number of ether oxygens (including phenoxy) is 4. The minimum atomic E-state index is -4.95. The van der Waals surface area contributed by atoms with Crippen LogP contribution in [-0.4, -0.2) is 96.7 Å². The van der Waals surface area contributed by atoms with E-state index in [1.54, 1.807) is 0 Å². The standard InChI is InChI=1S/C72H140O17P2/c1-9-64(7)50-42-34-26-21-22-28-38-46-54-71(76)88-67(58-82-69(74)52-44-36-27-20-18-16-14-12-11-13-15-17-19-24-32-40-48-62(3)4)60-86-90(78,79)84-56-66(73)57-85-91(80,81)87-61-68(89-72(77)55-47-39-29-23-25-33-41-49-63(5)6)59-83-70(75)53-45-37-31-30-35-43-51-65(8)10-2/h62-68,73H,9-61H2,1-8H3,(H,78,79)(H,80,81)/t64?,65?,66-,67-,68-/m1/s1. The van der Waals surface area contributed by atoms with E-state index in [0.29, 0.717) is 31.6 Å². The Kier molecular flexibility index (Phi) is 60.3. The van der Waals surface area contributed by atoms with Gasteiger partial charge in [0, 0.05) is 25.7 Å². The lowest BCUT2D eigenvalue weighted by Crippen LogP contribution is -2.30. The van der Waals surface area contributed by atoms with Crippen LogP contribution in [0.1, 0.15) is 357 Å². The zero-order valence-corrected chi connectivity index (χ0v) is 61.3. The second kappa shape index (κ2) is 61.6. The molecular weight excluding hydrogens is 1200 g/mol. The highest BCUT2D eigenvalue weighted by Gasteiger charge is 2.30. The highest BCUT2D eigenvalue weighted by molar-refractivity contribution is 7.47. The highest BCUT2D eigenvalue weighted by atomic mass is 31.2. The van der Waals surface area contributed by atoms with Gasteiger partial charge in [0.1, 0.15) is 19.3 Å². The van der Waals surface area contributed by atoms with E-state index in [0.717, 1.165) is 114 Å². The maximum Gasteiger partial charge on any atom is 0.472 e. The molecule has 0 amide bonds. The molecule has 0 aliphatic rings. The first kappa shape index (κ1) is 89.1. The molecule has 7 atom stereocenters. The molecule has 0 aromatic carbocycles. The van der Waals surface area contributed by atoms with Crippen molar-refractivity contribution in [3.8, 4) is 0 Å². The summed E-state index contributed by atoms with van der Waals surface area (Å²) < 4.78 is 68.3. The lowest BCUT2D eigenvalue weighted by atomic mass is 9.99. The van der Waals surface area contributed by atoms with Crippen LogP contribution >= 0.6 is 15.6 Å². The molecule has 0 aromatic rings. The Balaban J connectivity index is 5.20. The number of esters is 4. The van der Waals surface area contributed by atoms with Crippen molar-refractivity contribution in [2.45, 2.75) is 375 Å². The molecule has 0 heterocycles. The molecule has 0 aliphatic heterocycles. The Labute approximate surface area is 556 Å². The van der Waals surface area contributed by atoms with E-state index in [4.69, 9.17) is 37.0 Å². The summed E-state index contributed by atoms with van der Waals surface area (Å²) in [5.41, 5.74) is 0. The molecule has 17 nitrogen and oxygen atoms in total. The monoisotopic (exact) mass is 1340 g/mol. The highest BCUT2D eigenvalue weighted by Crippen LogP contribution is 2.45. The topological polar surface area (TPSA) is 237 Å². The summed E-state index contributed by atoms with van der Waals surface area (Å²) in [6.07, 6.45) is 44.6. The van der Waals surface area contributed by atoms with Crippen molar-refractivity contribution in [2.24, 2.45) is 23.7 Å². The maximum atomic E-state index is 13.0. The first-order chi connectivity index (χ1) is 43.7. The third-order valence-corrected chi connectivity index (χ3v) is 19.2. The average molecular weight is 1340 g/mol. The molecule has 540 valence electrons. The van der Waals surface area contributed by atoms with Gasteiger partial charge in [-0.2, -0.15) is 0 Å². The van der Waals surface area contributed by atoms with Gasteiger partial charge in [-0.3, -0.25) is 37.3 Å². The Morgan fingerprint density at radius 2 is 0.527 bits per heavy atom. The van der Waals surface area contributed by atoms with Gasteiger partial charge in [0.05, 0.1) is 26.4 Å². The number of aliphatic hydroxyl groups is 1. The number of phosphoric acid groups is 2. The lowest BCUT2D eigenvalue weighted by Gasteiger charge is -2.21. The van der Waals surface area contributed by atoms with Gasteiger partial charge in [-0.15, -0.1) is 0 Å². The normalized spacial score (nSPS) is 14.8. The van der Waals surface area contributed by atoms with E-state index in [9.17, 15) is 43.2 Å². The second-order valence-electron chi connectivity index (χ2n) is 27.4. The molecule has 0 aliphatic carbocycles. The number of rotatable bonds is 69. The third kappa shape index (κ3) is 63.9. The van der Waals surface area contributed by atoms with Gasteiger partial charge in [0.25, 0.3) is 0 Å². The van der Waals surface area contributed by atoms with E-state index >= 15 is 0 Å². The summed E-state index contributed by atoms with van der Waals surface area (Å²) in [4.78, 5) is 72.6. The molecule has 91 heavy (non-hydrogen) atoms. The first-order valence-electron chi connectivity index (χ1n) is 37.3. The Morgan fingerprint density at radius 1 is 0.308 bits per heavy atom. The average Bonchev–Trinajstić information content (AvgIpc) is 3.67. The van der Waals surface area contributed by atoms with Crippen LogP contribution in [0.4, 0.5) is 0 Å². The van der Waals surface area contributed by atoms with Crippen LogP contribution < -0.4 is 0 Å². The smallest absolute Gasteiger partial charge is 0.462 e. The summed E-state index contributed by atoms with van der Waals surface area (Å²) in [6, 6.07) is 0. The molecular formula is C72H140O17P2. The first-order valence-corrected chi connectivity index (χ1v) is 40.3. The predicted molar refractivity (Wildman–Crippen MR) is 367 cm³/mol. The molecule has 0 fully saturated rings. The zero-order chi connectivity index (χ0) is 67.5. The van der Waals surface area contributed by atoms with Gasteiger partial charge in [-0.25, -0.2) is 9.13 Å². The fourth-order valence-electron chi connectivity index (χ4n) is 10.8. The van der Waals surface area contributed by atoms with Crippen molar-refractivity contribution >= 4 is 39.5 Å². The van der Waals surface area contributed by atoms with Gasteiger partial charge in [-0.1, -0.05) is 306 Å². The fourth-order valence-corrected chi connectivity index (χ4v) is 12.4. The molecule has 0 saturated heterocycles. The van der Waals surface area contributed by atoms with Gasteiger partial charge in [0.15, 0.2) is 12.2 Å². The molecule has 0 aromatic heterocycles. The summed E-state index contributed by atoms with van der Waals surface area (Å²) in [6.45, 7) is 14.1. The van der Waals surface area contributed by atoms with Crippen LogP contribution in [0.2, 0.25) is 0 Å². The number of hydrogen-bond donors (Lipinski definition) is 3. The second-order valence-corrected chi connectivity index (χ2v) is 30.3. The minimum absolute atomic E-state index is 0.102. The largest absolute Gasteiger partial charge is 0.472 e. The zero-order valence-electron chi connectivity index (χ0n) is 59.5. The molecule has 0 bridgehead atoms.